The highest BCUT2D eigenvalue weighted by Crippen LogP contribution is 2.39. The molecule has 1 atom stereocenters. The van der Waals surface area contributed by atoms with E-state index in [0.717, 1.165) is 35.6 Å². The normalized spacial score (nSPS) is 18.0. The Bertz CT molecular complexity index is 1020. The van der Waals surface area contributed by atoms with Gasteiger partial charge in [0.2, 0.25) is 0 Å². The quantitative estimate of drug-likeness (QED) is 0.701. The number of anilines is 1. The Balaban J connectivity index is 1.92. The summed E-state index contributed by atoms with van der Waals surface area (Å²) in [6, 6.07) is 3.77. The van der Waals surface area contributed by atoms with Gasteiger partial charge in [0, 0.05) is 19.2 Å². The van der Waals surface area contributed by atoms with Crippen LogP contribution in [0, 0.1) is 0 Å². The van der Waals surface area contributed by atoms with Crippen molar-refractivity contribution in [1.29, 1.82) is 0 Å². The Kier molecular flexibility index (Phi) is 5.79. The lowest BCUT2D eigenvalue weighted by Gasteiger charge is -2.19. The molecule has 0 aliphatic carbocycles. The zero-order valence-corrected chi connectivity index (χ0v) is 16.7. The molecule has 3 rings (SSSR count). The molecule has 1 aliphatic rings. The van der Waals surface area contributed by atoms with Crippen LogP contribution in [-0.4, -0.2) is 50.6 Å². The fraction of sp³-hybridized carbons (Fsp3) is 0.353. The van der Waals surface area contributed by atoms with Gasteiger partial charge < -0.3 is 14.7 Å². The number of carboxylic acid groups (broad SMARTS) is 1. The number of likely N-dealkylation sites (N-methyl/N-ethyl adjacent to an activating group) is 1. The first-order chi connectivity index (χ1) is 13.5. The van der Waals surface area contributed by atoms with Crippen molar-refractivity contribution in [3.05, 3.63) is 40.1 Å². The number of hydrogen-bond acceptors (Lipinski definition) is 6. The number of nitrogens with zero attached hydrogens (tertiary/aromatic N) is 1. The second-order valence-corrected chi connectivity index (χ2v) is 9.09. The molecule has 1 fully saturated rings. The van der Waals surface area contributed by atoms with Crippen LogP contribution < -0.4 is 9.46 Å². The number of rotatable bonds is 6. The van der Waals surface area contributed by atoms with Crippen LogP contribution in [0.1, 0.15) is 21.7 Å². The molecular formula is C17H17F3N2O5S2. The van der Waals surface area contributed by atoms with E-state index in [-0.39, 0.29) is 5.69 Å². The molecule has 0 bridgehead atoms. The Morgan fingerprint density at radius 2 is 2.07 bits per heavy atom. The Labute approximate surface area is 168 Å². The van der Waals surface area contributed by atoms with Gasteiger partial charge in [-0.05, 0) is 37.0 Å². The highest BCUT2D eigenvalue weighted by Gasteiger charge is 2.36. The number of aromatic carboxylic acids is 1. The average molecular weight is 450 g/mol. The number of halogens is 3. The SMILES string of the molecule is CN1CCC(Oc2cc(NS(=O)(=O)c3ccsc3C(=O)O)ccc2C(F)(F)F)C1. The molecule has 1 aromatic carbocycles. The van der Waals surface area contributed by atoms with E-state index in [1.807, 2.05) is 11.9 Å². The van der Waals surface area contributed by atoms with Gasteiger partial charge in [-0.25, -0.2) is 13.2 Å². The van der Waals surface area contributed by atoms with Crippen LogP contribution in [-0.2, 0) is 16.2 Å². The molecule has 0 spiro atoms. The summed E-state index contributed by atoms with van der Waals surface area (Å²) >= 11 is 0.729. The third-order valence-electron chi connectivity index (χ3n) is 4.29. The summed E-state index contributed by atoms with van der Waals surface area (Å²) in [6.07, 6.45) is -4.59. The number of carboxylic acids is 1. The first kappa shape index (κ1) is 21.4. The summed E-state index contributed by atoms with van der Waals surface area (Å²) in [4.78, 5) is 12.2. The minimum atomic E-state index is -4.68. The molecule has 7 nitrogen and oxygen atoms in total. The van der Waals surface area contributed by atoms with Crippen molar-refractivity contribution in [3.8, 4) is 5.75 Å². The molecule has 0 radical (unpaired) electrons. The van der Waals surface area contributed by atoms with Gasteiger partial charge in [-0.15, -0.1) is 11.3 Å². The molecule has 1 unspecified atom stereocenters. The van der Waals surface area contributed by atoms with E-state index in [0.29, 0.717) is 19.5 Å². The lowest BCUT2D eigenvalue weighted by Crippen LogP contribution is -2.23. The summed E-state index contributed by atoms with van der Waals surface area (Å²) in [5.74, 6) is -1.90. The second-order valence-electron chi connectivity index (χ2n) is 6.52. The fourth-order valence-electron chi connectivity index (χ4n) is 2.96. The number of nitrogens with one attached hydrogen (secondary N) is 1. The standard InChI is InChI=1S/C17H17F3N2O5S2/c1-22-6-4-11(9-22)27-13-8-10(2-3-12(13)17(18,19)20)21-29(25,26)14-5-7-28-15(14)16(23)24/h2-3,5,7-8,11,21H,4,6,9H2,1H3,(H,23,24). The summed E-state index contributed by atoms with van der Waals surface area (Å²) in [5, 5.41) is 10.4. The van der Waals surface area contributed by atoms with Crippen LogP contribution in [0.4, 0.5) is 18.9 Å². The van der Waals surface area contributed by atoms with Crippen molar-refractivity contribution in [1.82, 2.24) is 4.90 Å². The molecule has 1 aromatic heterocycles. The van der Waals surface area contributed by atoms with Crippen LogP contribution in [0.25, 0.3) is 0 Å². The van der Waals surface area contributed by atoms with Crippen molar-refractivity contribution in [2.24, 2.45) is 0 Å². The molecule has 0 saturated carbocycles. The Morgan fingerprint density at radius 3 is 2.66 bits per heavy atom. The molecular weight excluding hydrogens is 433 g/mol. The van der Waals surface area contributed by atoms with E-state index in [1.54, 1.807) is 0 Å². The van der Waals surface area contributed by atoms with E-state index in [9.17, 15) is 26.4 Å². The minimum absolute atomic E-state index is 0.165. The van der Waals surface area contributed by atoms with Crippen LogP contribution in [0.2, 0.25) is 0 Å². The number of likely N-dealkylation sites (tertiary alicyclic amines) is 1. The van der Waals surface area contributed by atoms with Crippen LogP contribution in [0.5, 0.6) is 5.75 Å². The van der Waals surface area contributed by atoms with Crippen molar-refractivity contribution >= 4 is 33.0 Å². The van der Waals surface area contributed by atoms with Gasteiger partial charge in [0.05, 0.1) is 11.3 Å². The largest absolute Gasteiger partial charge is 0.488 e. The van der Waals surface area contributed by atoms with Gasteiger partial charge in [0.15, 0.2) is 0 Å². The van der Waals surface area contributed by atoms with E-state index in [4.69, 9.17) is 9.84 Å². The number of alkyl halides is 3. The van der Waals surface area contributed by atoms with E-state index >= 15 is 0 Å². The van der Waals surface area contributed by atoms with E-state index in [1.165, 1.54) is 5.38 Å². The molecule has 1 saturated heterocycles. The van der Waals surface area contributed by atoms with Crippen LogP contribution in [0.15, 0.2) is 34.5 Å². The Hall–Kier alpha value is -2.31. The highest BCUT2D eigenvalue weighted by molar-refractivity contribution is 7.93. The number of thiophene rings is 1. The summed E-state index contributed by atoms with van der Waals surface area (Å²) in [6.45, 7) is 1.12. The molecule has 2 N–H and O–H groups in total. The molecule has 158 valence electrons. The van der Waals surface area contributed by atoms with Crippen molar-refractivity contribution < 1.29 is 36.2 Å². The average Bonchev–Trinajstić information content (AvgIpc) is 3.23. The van der Waals surface area contributed by atoms with E-state index < -0.39 is 49.4 Å². The molecule has 1 aliphatic heterocycles. The van der Waals surface area contributed by atoms with Crippen LogP contribution in [0.3, 0.4) is 0 Å². The third-order valence-corrected chi connectivity index (χ3v) is 6.75. The number of ether oxygens (including phenoxy) is 1. The van der Waals surface area contributed by atoms with Gasteiger partial charge in [-0.3, -0.25) is 4.72 Å². The zero-order valence-electron chi connectivity index (χ0n) is 15.1. The lowest BCUT2D eigenvalue weighted by molar-refractivity contribution is -0.139. The van der Waals surface area contributed by atoms with Gasteiger partial charge >= 0.3 is 12.1 Å². The van der Waals surface area contributed by atoms with E-state index in [2.05, 4.69) is 4.72 Å². The predicted octanol–water partition coefficient (Wildman–Crippen LogP) is 3.35. The topological polar surface area (TPSA) is 95.9 Å². The van der Waals surface area contributed by atoms with Crippen LogP contribution >= 0.6 is 11.3 Å². The maximum absolute atomic E-state index is 13.3. The molecule has 2 heterocycles. The molecule has 0 amide bonds. The maximum Gasteiger partial charge on any atom is 0.419 e. The number of carbonyl (C=O) groups is 1. The van der Waals surface area contributed by atoms with Gasteiger partial charge in [-0.2, -0.15) is 13.2 Å². The minimum Gasteiger partial charge on any atom is -0.488 e. The maximum atomic E-state index is 13.3. The number of sulfonamides is 1. The summed E-state index contributed by atoms with van der Waals surface area (Å²) in [5.41, 5.74) is -1.18. The third kappa shape index (κ3) is 4.82. The fourth-order valence-corrected chi connectivity index (χ4v) is 5.27. The summed E-state index contributed by atoms with van der Waals surface area (Å²) < 4.78 is 72.7. The molecule has 2 aromatic rings. The van der Waals surface area contributed by atoms with Crippen molar-refractivity contribution in [3.63, 3.8) is 0 Å². The number of benzene rings is 1. The summed E-state index contributed by atoms with van der Waals surface area (Å²) in [7, 11) is -2.49. The monoisotopic (exact) mass is 450 g/mol. The highest BCUT2D eigenvalue weighted by atomic mass is 32.2. The molecule has 29 heavy (non-hydrogen) atoms. The zero-order chi connectivity index (χ0) is 21.4. The smallest absolute Gasteiger partial charge is 0.419 e. The molecule has 12 heteroatoms. The predicted molar refractivity (Wildman–Crippen MR) is 100 cm³/mol. The van der Waals surface area contributed by atoms with Gasteiger partial charge in [0.25, 0.3) is 10.0 Å². The second kappa shape index (κ2) is 7.84. The van der Waals surface area contributed by atoms with Crippen molar-refractivity contribution in [2.75, 3.05) is 24.9 Å². The first-order valence-corrected chi connectivity index (χ1v) is 10.7. The number of hydrogen-bond donors (Lipinski definition) is 2. The van der Waals surface area contributed by atoms with Gasteiger partial charge in [0.1, 0.15) is 21.6 Å². The lowest BCUT2D eigenvalue weighted by atomic mass is 10.1. The Morgan fingerprint density at radius 1 is 1.34 bits per heavy atom. The van der Waals surface area contributed by atoms with Gasteiger partial charge in [-0.1, -0.05) is 0 Å². The first-order valence-electron chi connectivity index (χ1n) is 8.37. The van der Waals surface area contributed by atoms with Crippen molar-refractivity contribution in [2.45, 2.75) is 23.6 Å².